The Labute approximate surface area is 153 Å². The van der Waals surface area contributed by atoms with Crippen LogP contribution in [0.1, 0.15) is 16.1 Å². The standard InChI is InChI=1S/C18H12ClN3O4/c19-14-5-1-3-12(9-14)17-8-7-16(26-17)11-20-21-18(23)13-4-2-6-15(10-13)22(24)25/h1-11H,(H,21,23)/b20-11-. The topological polar surface area (TPSA) is 97.7 Å². The lowest BCUT2D eigenvalue weighted by Gasteiger charge is -1.99. The van der Waals surface area contributed by atoms with Crippen LogP contribution in [0, 0.1) is 10.1 Å². The third kappa shape index (κ3) is 4.14. The molecule has 0 unspecified atom stereocenters. The van der Waals surface area contributed by atoms with E-state index in [1.165, 1.54) is 30.5 Å². The summed E-state index contributed by atoms with van der Waals surface area (Å²) in [5.41, 5.74) is 3.08. The van der Waals surface area contributed by atoms with Crippen molar-refractivity contribution in [1.82, 2.24) is 5.43 Å². The number of nitro benzene ring substituents is 1. The maximum absolute atomic E-state index is 12.0. The van der Waals surface area contributed by atoms with Crippen LogP contribution in [0.5, 0.6) is 0 Å². The van der Waals surface area contributed by atoms with Gasteiger partial charge in [-0.25, -0.2) is 5.43 Å². The quantitative estimate of drug-likeness (QED) is 0.412. The van der Waals surface area contributed by atoms with E-state index in [4.69, 9.17) is 16.0 Å². The third-order valence-corrected chi connectivity index (χ3v) is 3.65. The number of halogens is 1. The van der Waals surface area contributed by atoms with Crippen LogP contribution in [-0.4, -0.2) is 17.0 Å². The minimum atomic E-state index is -0.569. The van der Waals surface area contributed by atoms with Gasteiger partial charge in [0.15, 0.2) is 0 Å². The molecule has 0 saturated carbocycles. The summed E-state index contributed by atoms with van der Waals surface area (Å²) in [5, 5.41) is 15.1. The lowest BCUT2D eigenvalue weighted by molar-refractivity contribution is -0.384. The fourth-order valence-electron chi connectivity index (χ4n) is 2.20. The molecule has 3 rings (SSSR count). The van der Waals surface area contributed by atoms with Crippen LogP contribution in [0.25, 0.3) is 11.3 Å². The molecule has 1 heterocycles. The van der Waals surface area contributed by atoms with Gasteiger partial charge in [0.05, 0.1) is 11.1 Å². The monoisotopic (exact) mass is 369 g/mol. The van der Waals surface area contributed by atoms with Gasteiger partial charge in [-0.3, -0.25) is 14.9 Å². The second-order valence-electron chi connectivity index (χ2n) is 5.22. The number of nitrogens with zero attached hydrogens (tertiary/aromatic N) is 2. The molecule has 1 aromatic heterocycles. The average molecular weight is 370 g/mol. The van der Waals surface area contributed by atoms with Gasteiger partial charge in [-0.1, -0.05) is 29.8 Å². The Morgan fingerprint density at radius 3 is 2.73 bits per heavy atom. The van der Waals surface area contributed by atoms with Gasteiger partial charge in [0, 0.05) is 28.3 Å². The lowest BCUT2D eigenvalue weighted by Crippen LogP contribution is -2.17. The van der Waals surface area contributed by atoms with Crippen LogP contribution in [-0.2, 0) is 0 Å². The number of carbonyl (C=O) groups is 1. The number of hydrogen-bond donors (Lipinski definition) is 1. The van der Waals surface area contributed by atoms with Crippen LogP contribution in [0.2, 0.25) is 5.02 Å². The number of benzene rings is 2. The molecule has 3 aromatic rings. The highest BCUT2D eigenvalue weighted by molar-refractivity contribution is 6.30. The molecule has 0 saturated heterocycles. The summed E-state index contributed by atoms with van der Waals surface area (Å²) in [6, 6.07) is 16.0. The molecule has 0 spiro atoms. The van der Waals surface area contributed by atoms with E-state index in [0.29, 0.717) is 16.5 Å². The molecule has 0 aliphatic carbocycles. The lowest BCUT2D eigenvalue weighted by atomic mass is 10.2. The van der Waals surface area contributed by atoms with Crippen molar-refractivity contribution in [3.8, 4) is 11.3 Å². The highest BCUT2D eigenvalue weighted by atomic mass is 35.5. The van der Waals surface area contributed by atoms with Crippen LogP contribution < -0.4 is 5.43 Å². The number of furan rings is 1. The van der Waals surface area contributed by atoms with Gasteiger partial charge >= 0.3 is 0 Å². The van der Waals surface area contributed by atoms with Crippen molar-refractivity contribution in [3.05, 3.63) is 87.1 Å². The van der Waals surface area contributed by atoms with Gasteiger partial charge in [0.25, 0.3) is 11.6 Å². The van der Waals surface area contributed by atoms with Gasteiger partial charge in [-0.2, -0.15) is 5.10 Å². The van der Waals surface area contributed by atoms with E-state index in [9.17, 15) is 14.9 Å². The molecule has 0 radical (unpaired) electrons. The van der Waals surface area contributed by atoms with Crippen molar-refractivity contribution in [2.45, 2.75) is 0 Å². The fraction of sp³-hybridized carbons (Fsp3) is 0. The van der Waals surface area contributed by atoms with Crippen molar-refractivity contribution in [1.29, 1.82) is 0 Å². The summed E-state index contributed by atoms with van der Waals surface area (Å²) in [6.45, 7) is 0. The normalized spacial score (nSPS) is 10.8. The molecule has 0 aliphatic heterocycles. The maximum Gasteiger partial charge on any atom is 0.271 e. The van der Waals surface area contributed by atoms with Gasteiger partial charge < -0.3 is 4.42 Å². The summed E-state index contributed by atoms with van der Waals surface area (Å²) < 4.78 is 5.61. The first-order chi connectivity index (χ1) is 12.5. The average Bonchev–Trinajstić information content (AvgIpc) is 3.10. The number of hydrazone groups is 1. The molecule has 130 valence electrons. The highest BCUT2D eigenvalue weighted by Crippen LogP contribution is 2.24. The molecule has 0 bridgehead atoms. The van der Waals surface area contributed by atoms with E-state index in [-0.39, 0.29) is 11.3 Å². The second-order valence-corrected chi connectivity index (χ2v) is 5.66. The number of amides is 1. The molecule has 26 heavy (non-hydrogen) atoms. The minimum Gasteiger partial charge on any atom is -0.455 e. The molecule has 1 amide bonds. The highest BCUT2D eigenvalue weighted by Gasteiger charge is 2.10. The summed E-state index contributed by atoms with van der Waals surface area (Å²) in [4.78, 5) is 22.2. The Bertz CT molecular complexity index is 997. The third-order valence-electron chi connectivity index (χ3n) is 3.41. The summed E-state index contributed by atoms with van der Waals surface area (Å²) >= 11 is 5.95. The maximum atomic E-state index is 12.0. The molecule has 0 aliphatic rings. The molecular weight excluding hydrogens is 358 g/mol. The number of rotatable bonds is 5. The van der Waals surface area contributed by atoms with Crippen molar-refractivity contribution in [2.24, 2.45) is 5.10 Å². The number of non-ortho nitro benzene ring substituents is 1. The van der Waals surface area contributed by atoms with Gasteiger partial charge in [-0.05, 0) is 30.3 Å². The van der Waals surface area contributed by atoms with E-state index in [1.807, 2.05) is 12.1 Å². The molecule has 1 N–H and O–H groups in total. The SMILES string of the molecule is O=C(N/N=C\c1ccc(-c2cccc(Cl)c2)o1)c1cccc([N+](=O)[O-])c1. The van der Waals surface area contributed by atoms with Crippen LogP contribution in [0.15, 0.2) is 70.2 Å². The zero-order valence-corrected chi connectivity index (χ0v) is 14.0. The van der Waals surface area contributed by atoms with Crippen molar-refractivity contribution >= 4 is 29.4 Å². The zero-order chi connectivity index (χ0) is 18.5. The number of nitro groups is 1. The summed E-state index contributed by atoms with van der Waals surface area (Å²) in [5.74, 6) is 0.477. The Morgan fingerprint density at radius 1 is 1.15 bits per heavy atom. The second kappa shape index (κ2) is 7.62. The molecule has 7 nitrogen and oxygen atoms in total. The largest absolute Gasteiger partial charge is 0.455 e. The first kappa shape index (κ1) is 17.4. The Hall–Kier alpha value is -3.45. The summed E-state index contributed by atoms with van der Waals surface area (Å²) in [6.07, 6.45) is 1.34. The van der Waals surface area contributed by atoms with Crippen LogP contribution in [0.4, 0.5) is 5.69 Å². The van der Waals surface area contributed by atoms with E-state index in [0.717, 1.165) is 5.56 Å². The van der Waals surface area contributed by atoms with Crippen molar-refractivity contribution < 1.29 is 14.1 Å². The molecule has 8 heteroatoms. The van der Waals surface area contributed by atoms with Crippen molar-refractivity contribution in [2.75, 3.05) is 0 Å². The first-order valence-electron chi connectivity index (χ1n) is 7.46. The molecule has 0 fully saturated rings. The number of hydrogen-bond acceptors (Lipinski definition) is 5. The number of nitrogens with one attached hydrogen (secondary N) is 1. The number of carbonyl (C=O) groups excluding carboxylic acids is 1. The van der Waals surface area contributed by atoms with Gasteiger partial charge in [0.2, 0.25) is 0 Å². The van der Waals surface area contributed by atoms with E-state index in [1.54, 1.807) is 24.3 Å². The predicted molar refractivity (Wildman–Crippen MR) is 97.3 cm³/mol. The van der Waals surface area contributed by atoms with Crippen LogP contribution >= 0.6 is 11.6 Å². The van der Waals surface area contributed by atoms with E-state index < -0.39 is 10.8 Å². The minimum absolute atomic E-state index is 0.135. The molecule has 2 aromatic carbocycles. The van der Waals surface area contributed by atoms with Gasteiger partial charge in [-0.15, -0.1) is 0 Å². The Balaban J connectivity index is 1.67. The van der Waals surface area contributed by atoms with Crippen molar-refractivity contribution in [3.63, 3.8) is 0 Å². The Morgan fingerprint density at radius 2 is 1.96 bits per heavy atom. The smallest absolute Gasteiger partial charge is 0.271 e. The summed E-state index contributed by atoms with van der Waals surface area (Å²) in [7, 11) is 0. The van der Waals surface area contributed by atoms with E-state index in [2.05, 4.69) is 10.5 Å². The Kier molecular flexibility index (Phi) is 5.09. The predicted octanol–water partition coefficient (Wildman–Crippen LogP) is 4.27. The zero-order valence-electron chi connectivity index (χ0n) is 13.3. The fourth-order valence-corrected chi connectivity index (χ4v) is 2.39. The molecular formula is C18H12ClN3O4. The first-order valence-corrected chi connectivity index (χ1v) is 7.84. The van der Waals surface area contributed by atoms with E-state index >= 15 is 0 Å². The van der Waals surface area contributed by atoms with Gasteiger partial charge in [0.1, 0.15) is 11.5 Å². The molecule has 0 atom stereocenters. The van der Waals surface area contributed by atoms with Crippen LogP contribution in [0.3, 0.4) is 0 Å².